The van der Waals surface area contributed by atoms with E-state index in [-0.39, 0.29) is 29.9 Å². The first kappa shape index (κ1) is 19.9. The van der Waals surface area contributed by atoms with Crippen molar-refractivity contribution in [3.63, 3.8) is 0 Å². The SMILES string of the molecule is CCOC(=O)C1CCCN(C(=O)Cc2csc(NC(=O)c3cnccn3)n2)C1. The number of nitrogens with zero attached hydrogens (tertiary/aromatic N) is 4. The first-order chi connectivity index (χ1) is 13.6. The highest BCUT2D eigenvalue weighted by molar-refractivity contribution is 7.14. The summed E-state index contributed by atoms with van der Waals surface area (Å²) in [5.74, 6) is -1.02. The third-order valence-electron chi connectivity index (χ3n) is 4.29. The van der Waals surface area contributed by atoms with E-state index in [1.807, 2.05) is 0 Å². The lowest BCUT2D eigenvalue weighted by Crippen LogP contribution is -2.43. The fourth-order valence-corrected chi connectivity index (χ4v) is 3.65. The molecule has 28 heavy (non-hydrogen) atoms. The Morgan fingerprint density at radius 1 is 1.36 bits per heavy atom. The van der Waals surface area contributed by atoms with Gasteiger partial charge in [0.05, 0.1) is 30.8 Å². The number of anilines is 1. The van der Waals surface area contributed by atoms with Crippen molar-refractivity contribution in [1.29, 1.82) is 0 Å². The summed E-state index contributed by atoms with van der Waals surface area (Å²) in [5.41, 5.74) is 0.761. The lowest BCUT2D eigenvalue weighted by molar-refractivity contribution is -0.151. The van der Waals surface area contributed by atoms with Gasteiger partial charge in [-0.3, -0.25) is 24.7 Å². The standard InChI is InChI=1S/C18H21N5O4S/c1-2-27-17(26)12-4-3-7-23(10-12)15(24)8-13-11-28-18(21-13)22-16(25)14-9-19-5-6-20-14/h5-6,9,11-12H,2-4,7-8,10H2,1H3,(H,21,22,25). The number of nitrogens with one attached hydrogen (secondary N) is 1. The van der Waals surface area contributed by atoms with E-state index in [0.717, 1.165) is 12.8 Å². The lowest BCUT2D eigenvalue weighted by atomic mass is 9.98. The van der Waals surface area contributed by atoms with Gasteiger partial charge in [0, 0.05) is 30.9 Å². The number of likely N-dealkylation sites (tertiary alicyclic amines) is 1. The second kappa shape index (κ2) is 9.36. The Balaban J connectivity index is 1.55. The molecular weight excluding hydrogens is 382 g/mol. The number of hydrogen-bond donors (Lipinski definition) is 1. The Morgan fingerprint density at radius 3 is 2.96 bits per heavy atom. The van der Waals surface area contributed by atoms with Crippen LogP contribution in [-0.4, -0.2) is 57.3 Å². The van der Waals surface area contributed by atoms with Crippen LogP contribution in [0.3, 0.4) is 0 Å². The van der Waals surface area contributed by atoms with Crippen molar-refractivity contribution in [2.24, 2.45) is 5.92 Å². The number of rotatable bonds is 6. The van der Waals surface area contributed by atoms with E-state index in [0.29, 0.717) is 30.5 Å². The van der Waals surface area contributed by atoms with Crippen LogP contribution in [0, 0.1) is 5.92 Å². The van der Waals surface area contributed by atoms with Gasteiger partial charge >= 0.3 is 5.97 Å². The average molecular weight is 403 g/mol. The van der Waals surface area contributed by atoms with Gasteiger partial charge in [-0.25, -0.2) is 9.97 Å². The lowest BCUT2D eigenvalue weighted by Gasteiger charge is -2.31. The molecule has 1 N–H and O–H groups in total. The highest BCUT2D eigenvalue weighted by Crippen LogP contribution is 2.21. The van der Waals surface area contributed by atoms with Crippen LogP contribution in [0.5, 0.6) is 0 Å². The van der Waals surface area contributed by atoms with E-state index in [1.165, 1.54) is 29.9 Å². The van der Waals surface area contributed by atoms with Crippen molar-refractivity contribution in [1.82, 2.24) is 19.9 Å². The largest absolute Gasteiger partial charge is 0.466 e. The predicted octanol–water partition coefficient (Wildman–Crippen LogP) is 1.53. The molecule has 3 rings (SSSR count). The van der Waals surface area contributed by atoms with Gasteiger partial charge in [-0.2, -0.15) is 0 Å². The van der Waals surface area contributed by atoms with Gasteiger partial charge < -0.3 is 9.64 Å². The Kier molecular flexibility index (Phi) is 6.64. The van der Waals surface area contributed by atoms with Crippen molar-refractivity contribution < 1.29 is 19.1 Å². The predicted molar refractivity (Wildman–Crippen MR) is 102 cm³/mol. The number of aromatic nitrogens is 3. The number of ether oxygens (including phenoxy) is 1. The molecule has 148 valence electrons. The number of carbonyl (C=O) groups excluding carboxylic acids is 3. The summed E-state index contributed by atoms with van der Waals surface area (Å²) in [4.78, 5) is 50.3. The highest BCUT2D eigenvalue weighted by atomic mass is 32.1. The molecule has 1 fully saturated rings. The van der Waals surface area contributed by atoms with Crippen LogP contribution in [-0.2, 0) is 20.7 Å². The molecule has 0 bridgehead atoms. The molecule has 1 saturated heterocycles. The van der Waals surface area contributed by atoms with Gasteiger partial charge in [-0.1, -0.05) is 0 Å². The maximum absolute atomic E-state index is 12.6. The fourth-order valence-electron chi connectivity index (χ4n) is 2.95. The molecule has 2 aromatic heterocycles. The van der Waals surface area contributed by atoms with E-state index >= 15 is 0 Å². The number of thiazole rings is 1. The van der Waals surface area contributed by atoms with E-state index in [9.17, 15) is 14.4 Å². The van der Waals surface area contributed by atoms with E-state index < -0.39 is 5.91 Å². The average Bonchev–Trinajstić information content (AvgIpc) is 3.15. The molecule has 10 heteroatoms. The topological polar surface area (TPSA) is 114 Å². The van der Waals surface area contributed by atoms with Crippen LogP contribution in [0.2, 0.25) is 0 Å². The molecule has 2 amide bonds. The second-order valence-corrected chi connectivity index (χ2v) is 7.15. The van der Waals surface area contributed by atoms with Crippen molar-refractivity contribution in [3.05, 3.63) is 35.4 Å². The number of carbonyl (C=O) groups is 3. The Hall–Kier alpha value is -2.88. The minimum Gasteiger partial charge on any atom is -0.466 e. The summed E-state index contributed by atoms with van der Waals surface area (Å²) in [7, 11) is 0. The third kappa shape index (κ3) is 5.10. The van der Waals surface area contributed by atoms with Crippen molar-refractivity contribution in [2.75, 3.05) is 25.0 Å². The second-order valence-electron chi connectivity index (χ2n) is 6.30. The van der Waals surface area contributed by atoms with Crippen LogP contribution >= 0.6 is 11.3 Å². The molecule has 9 nitrogen and oxygen atoms in total. The minimum absolute atomic E-state index is 0.0916. The quantitative estimate of drug-likeness (QED) is 0.728. The Bertz CT molecular complexity index is 842. The summed E-state index contributed by atoms with van der Waals surface area (Å²) in [6, 6.07) is 0. The van der Waals surface area contributed by atoms with Crippen molar-refractivity contribution in [2.45, 2.75) is 26.2 Å². The van der Waals surface area contributed by atoms with Crippen molar-refractivity contribution in [3.8, 4) is 0 Å². The van der Waals surface area contributed by atoms with Gasteiger partial charge in [0.1, 0.15) is 5.69 Å². The van der Waals surface area contributed by atoms with Gasteiger partial charge in [-0.15, -0.1) is 11.3 Å². The number of piperidine rings is 1. The molecule has 0 radical (unpaired) electrons. The summed E-state index contributed by atoms with van der Waals surface area (Å²) >= 11 is 1.24. The molecular formula is C18H21N5O4S. The van der Waals surface area contributed by atoms with Crippen LogP contribution in [0.4, 0.5) is 5.13 Å². The zero-order valence-corrected chi connectivity index (χ0v) is 16.3. The zero-order chi connectivity index (χ0) is 19.9. The van der Waals surface area contributed by atoms with Gasteiger partial charge in [-0.05, 0) is 19.8 Å². The minimum atomic E-state index is -0.409. The first-order valence-electron chi connectivity index (χ1n) is 9.03. The summed E-state index contributed by atoms with van der Waals surface area (Å²) in [6.45, 7) is 3.10. The molecule has 0 spiro atoms. The molecule has 0 aliphatic carbocycles. The first-order valence-corrected chi connectivity index (χ1v) is 9.91. The fraction of sp³-hybridized carbons (Fsp3) is 0.444. The molecule has 1 atom stereocenters. The molecule has 2 aromatic rings. The van der Waals surface area contributed by atoms with Gasteiger partial charge in [0.2, 0.25) is 5.91 Å². The van der Waals surface area contributed by atoms with Crippen LogP contribution in [0.1, 0.15) is 35.9 Å². The molecule has 0 saturated carbocycles. The molecule has 0 aromatic carbocycles. The summed E-state index contributed by atoms with van der Waals surface area (Å²) < 4.78 is 5.07. The van der Waals surface area contributed by atoms with Crippen LogP contribution < -0.4 is 5.32 Å². The number of amides is 2. The maximum Gasteiger partial charge on any atom is 0.310 e. The normalized spacial score (nSPS) is 16.5. The van der Waals surface area contributed by atoms with E-state index in [1.54, 1.807) is 17.2 Å². The van der Waals surface area contributed by atoms with Crippen LogP contribution in [0.25, 0.3) is 0 Å². The van der Waals surface area contributed by atoms with E-state index in [4.69, 9.17) is 4.74 Å². The Morgan fingerprint density at radius 2 is 2.21 bits per heavy atom. The highest BCUT2D eigenvalue weighted by Gasteiger charge is 2.29. The molecule has 1 aliphatic heterocycles. The monoisotopic (exact) mass is 403 g/mol. The Labute approximate surface area is 166 Å². The maximum atomic E-state index is 12.6. The smallest absolute Gasteiger partial charge is 0.310 e. The summed E-state index contributed by atoms with van der Waals surface area (Å²) in [6.07, 6.45) is 5.90. The van der Waals surface area contributed by atoms with E-state index in [2.05, 4.69) is 20.3 Å². The van der Waals surface area contributed by atoms with Crippen LogP contribution in [0.15, 0.2) is 24.0 Å². The van der Waals surface area contributed by atoms with Gasteiger partial charge in [0.25, 0.3) is 5.91 Å². The molecule has 3 heterocycles. The van der Waals surface area contributed by atoms with Gasteiger partial charge in [0.15, 0.2) is 5.13 Å². The number of hydrogen-bond acceptors (Lipinski definition) is 8. The summed E-state index contributed by atoms with van der Waals surface area (Å²) in [5, 5.41) is 4.77. The number of esters is 1. The molecule has 1 unspecified atom stereocenters. The third-order valence-corrected chi connectivity index (χ3v) is 5.10. The zero-order valence-electron chi connectivity index (χ0n) is 15.5. The molecule has 1 aliphatic rings. The van der Waals surface area contributed by atoms with Crippen molar-refractivity contribution >= 4 is 34.3 Å².